The van der Waals surface area contributed by atoms with E-state index in [1.165, 1.54) is 12.8 Å². The molecular weight excluding hydrogens is 214 g/mol. The van der Waals surface area contributed by atoms with Gasteiger partial charge in [0.25, 0.3) is 0 Å². The zero-order chi connectivity index (χ0) is 12.3. The third kappa shape index (κ3) is 3.43. The van der Waals surface area contributed by atoms with Crippen LogP contribution in [0.5, 0.6) is 0 Å². The van der Waals surface area contributed by atoms with Crippen LogP contribution in [-0.2, 0) is 0 Å². The molecule has 3 unspecified atom stereocenters. The van der Waals surface area contributed by atoms with Crippen LogP contribution in [0, 0.1) is 11.3 Å². The predicted octanol–water partition coefficient (Wildman–Crippen LogP) is 1.63. The van der Waals surface area contributed by atoms with Crippen LogP contribution in [0.1, 0.15) is 45.4 Å². The normalized spacial score (nSPS) is 40.4. The summed E-state index contributed by atoms with van der Waals surface area (Å²) < 4.78 is 0. The predicted molar refractivity (Wildman–Crippen MR) is 68.8 cm³/mol. The number of hydrogen-bond donors (Lipinski definition) is 2. The number of rotatable bonds is 3. The van der Waals surface area contributed by atoms with E-state index in [0.29, 0.717) is 6.61 Å². The highest BCUT2D eigenvalue weighted by atomic mass is 16.3. The van der Waals surface area contributed by atoms with E-state index in [4.69, 9.17) is 0 Å². The third-order valence-corrected chi connectivity index (χ3v) is 4.56. The van der Waals surface area contributed by atoms with Crippen LogP contribution < -0.4 is 0 Å². The minimum Gasteiger partial charge on any atom is -0.396 e. The Morgan fingerprint density at radius 1 is 1.29 bits per heavy atom. The number of nitrogens with zero attached hydrogens (tertiary/aromatic N) is 1. The zero-order valence-corrected chi connectivity index (χ0v) is 11.1. The molecule has 1 aliphatic heterocycles. The smallest absolute Gasteiger partial charge is 0.0667 e. The molecule has 0 spiro atoms. The van der Waals surface area contributed by atoms with Gasteiger partial charge in [0.05, 0.1) is 6.10 Å². The average molecular weight is 241 g/mol. The third-order valence-electron chi connectivity index (χ3n) is 4.56. The van der Waals surface area contributed by atoms with Crippen molar-refractivity contribution in [3.05, 3.63) is 0 Å². The van der Waals surface area contributed by atoms with Gasteiger partial charge in [-0.15, -0.1) is 0 Å². The molecule has 2 rings (SSSR count). The molecule has 0 aromatic rings. The first-order chi connectivity index (χ1) is 8.13. The van der Waals surface area contributed by atoms with Crippen molar-refractivity contribution in [2.45, 2.75) is 51.6 Å². The molecule has 0 aromatic carbocycles. The van der Waals surface area contributed by atoms with E-state index < -0.39 is 0 Å². The molecule has 1 saturated heterocycles. The molecule has 1 heterocycles. The summed E-state index contributed by atoms with van der Waals surface area (Å²) in [7, 11) is 0. The van der Waals surface area contributed by atoms with Crippen LogP contribution in [0.15, 0.2) is 0 Å². The summed E-state index contributed by atoms with van der Waals surface area (Å²) >= 11 is 0. The lowest BCUT2D eigenvalue weighted by Crippen LogP contribution is -2.47. The highest BCUT2D eigenvalue weighted by Crippen LogP contribution is 2.40. The van der Waals surface area contributed by atoms with Crippen molar-refractivity contribution < 1.29 is 10.2 Å². The van der Waals surface area contributed by atoms with Crippen molar-refractivity contribution in [1.82, 2.24) is 4.90 Å². The zero-order valence-electron chi connectivity index (χ0n) is 11.1. The number of aliphatic hydroxyl groups excluding tert-OH is 2. The van der Waals surface area contributed by atoms with E-state index in [1.807, 2.05) is 0 Å². The summed E-state index contributed by atoms with van der Waals surface area (Å²) in [5.74, 6) is 0.741. The summed E-state index contributed by atoms with van der Waals surface area (Å²) in [5.41, 5.74) is 0.106. The molecular formula is C14H27NO2. The molecule has 0 bridgehead atoms. The number of aliphatic hydroxyl groups is 2. The van der Waals surface area contributed by atoms with Gasteiger partial charge in [0.1, 0.15) is 0 Å². The Labute approximate surface area is 105 Å². The summed E-state index contributed by atoms with van der Waals surface area (Å²) in [4.78, 5) is 2.36. The molecule has 0 radical (unpaired) electrons. The Morgan fingerprint density at radius 2 is 2.12 bits per heavy atom. The summed E-state index contributed by atoms with van der Waals surface area (Å²) in [6.07, 6.45) is 6.75. The highest BCUT2D eigenvalue weighted by molar-refractivity contribution is 4.89. The van der Waals surface area contributed by atoms with E-state index in [2.05, 4.69) is 11.8 Å². The Morgan fingerprint density at radius 3 is 2.76 bits per heavy atom. The van der Waals surface area contributed by atoms with E-state index in [1.54, 1.807) is 0 Å². The maximum atomic E-state index is 9.77. The van der Waals surface area contributed by atoms with E-state index >= 15 is 0 Å². The number of likely N-dealkylation sites (tertiary alicyclic amines) is 1. The SMILES string of the molecule is CC1CCCC(CO)(CN2CCCC(O)C2)C1. The molecule has 2 fully saturated rings. The molecule has 3 nitrogen and oxygen atoms in total. The largest absolute Gasteiger partial charge is 0.396 e. The van der Waals surface area contributed by atoms with Gasteiger partial charge in [-0.25, -0.2) is 0 Å². The lowest BCUT2D eigenvalue weighted by atomic mass is 9.70. The first-order valence-electron chi connectivity index (χ1n) is 7.15. The van der Waals surface area contributed by atoms with Crippen LogP contribution in [0.2, 0.25) is 0 Å². The summed E-state index contributed by atoms with van der Waals surface area (Å²) in [6, 6.07) is 0. The average Bonchev–Trinajstić information content (AvgIpc) is 2.29. The van der Waals surface area contributed by atoms with Gasteiger partial charge in [-0.1, -0.05) is 19.8 Å². The maximum absolute atomic E-state index is 9.77. The second-order valence-electron chi connectivity index (χ2n) is 6.39. The van der Waals surface area contributed by atoms with E-state index in [-0.39, 0.29) is 11.5 Å². The fourth-order valence-corrected chi connectivity index (χ4v) is 3.76. The molecule has 2 N–H and O–H groups in total. The topological polar surface area (TPSA) is 43.7 Å². The second-order valence-corrected chi connectivity index (χ2v) is 6.39. The summed E-state index contributed by atoms with van der Waals surface area (Å²) in [5, 5.41) is 19.5. The lowest BCUT2D eigenvalue weighted by Gasteiger charge is -2.43. The summed E-state index contributed by atoms with van der Waals surface area (Å²) in [6.45, 7) is 5.48. The molecule has 100 valence electrons. The molecule has 1 aliphatic carbocycles. The molecule has 3 heteroatoms. The van der Waals surface area contributed by atoms with Gasteiger partial charge >= 0.3 is 0 Å². The van der Waals surface area contributed by atoms with Crippen molar-refractivity contribution in [2.24, 2.45) is 11.3 Å². The van der Waals surface area contributed by atoms with Crippen molar-refractivity contribution >= 4 is 0 Å². The van der Waals surface area contributed by atoms with Gasteiger partial charge in [0.2, 0.25) is 0 Å². The highest BCUT2D eigenvalue weighted by Gasteiger charge is 2.36. The number of β-amino-alcohol motifs (C(OH)–C–C–N with tert-alkyl or cyclic N) is 1. The fourth-order valence-electron chi connectivity index (χ4n) is 3.76. The minimum atomic E-state index is -0.152. The van der Waals surface area contributed by atoms with Crippen molar-refractivity contribution in [3.8, 4) is 0 Å². The molecule has 1 saturated carbocycles. The fraction of sp³-hybridized carbons (Fsp3) is 1.00. The molecule has 3 atom stereocenters. The Bertz CT molecular complexity index is 246. The standard InChI is InChI=1S/C14H27NO2/c1-12-4-2-6-14(8-12,11-16)10-15-7-3-5-13(17)9-15/h12-13,16-17H,2-11H2,1H3. The van der Waals surface area contributed by atoms with Crippen LogP contribution in [0.4, 0.5) is 0 Å². The van der Waals surface area contributed by atoms with Crippen molar-refractivity contribution in [3.63, 3.8) is 0 Å². The van der Waals surface area contributed by atoms with E-state index in [9.17, 15) is 10.2 Å². The first kappa shape index (κ1) is 13.3. The van der Waals surface area contributed by atoms with Crippen LogP contribution in [0.3, 0.4) is 0 Å². The van der Waals surface area contributed by atoms with Gasteiger partial charge in [-0.3, -0.25) is 0 Å². The Kier molecular flexibility index (Phi) is 4.45. The van der Waals surface area contributed by atoms with Crippen LogP contribution in [-0.4, -0.2) is 47.5 Å². The first-order valence-corrected chi connectivity index (χ1v) is 7.15. The van der Waals surface area contributed by atoms with Crippen molar-refractivity contribution in [1.29, 1.82) is 0 Å². The molecule has 0 amide bonds. The van der Waals surface area contributed by atoms with Gasteiger partial charge < -0.3 is 15.1 Å². The van der Waals surface area contributed by atoms with Crippen molar-refractivity contribution in [2.75, 3.05) is 26.2 Å². The quantitative estimate of drug-likeness (QED) is 0.789. The molecule has 17 heavy (non-hydrogen) atoms. The van der Waals surface area contributed by atoms with Gasteiger partial charge in [-0.2, -0.15) is 0 Å². The van der Waals surface area contributed by atoms with Gasteiger partial charge in [0.15, 0.2) is 0 Å². The number of piperidine rings is 1. The van der Waals surface area contributed by atoms with Crippen LogP contribution >= 0.6 is 0 Å². The van der Waals surface area contributed by atoms with Gasteiger partial charge in [-0.05, 0) is 38.1 Å². The maximum Gasteiger partial charge on any atom is 0.0667 e. The Balaban J connectivity index is 1.93. The second kappa shape index (κ2) is 5.68. The molecule has 2 aliphatic rings. The Hall–Kier alpha value is -0.120. The number of hydrogen-bond acceptors (Lipinski definition) is 3. The monoisotopic (exact) mass is 241 g/mol. The molecule has 0 aromatic heterocycles. The van der Waals surface area contributed by atoms with E-state index in [0.717, 1.165) is 51.2 Å². The lowest BCUT2D eigenvalue weighted by molar-refractivity contribution is -0.00521. The van der Waals surface area contributed by atoms with Gasteiger partial charge in [0, 0.05) is 25.1 Å². The minimum absolute atomic E-state index is 0.106. The van der Waals surface area contributed by atoms with Crippen LogP contribution in [0.25, 0.3) is 0 Å².